The molecule has 1 aliphatic heterocycles. The second kappa shape index (κ2) is 7.00. The SMILES string of the molecule is CC(=O)NC1=NN(C(C)=O)C(C)(c2nnn(-c3ccc4ccccc4c3)c2C)S1. The molecule has 0 spiro atoms. The van der Waals surface area contributed by atoms with Gasteiger partial charge in [0, 0.05) is 13.8 Å². The average Bonchev–Trinajstić information content (AvgIpc) is 3.21. The van der Waals surface area contributed by atoms with Gasteiger partial charge in [-0.15, -0.1) is 10.2 Å². The summed E-state index contributed by atoms with van der Waals surface area (Å²) in [5.74, 6) is -0.499. The molecule has 0 radical (unpaired) electrons. The van der Waals surface area contributed by atoms with Gasteiger partial charge >= 0.3 is 0 Å². The topological polar surface area (TPSA) is 92.5 Å². The predicted octanol–water partition coefficient (Wildman–Crippen LogP) is 2.90. The van der Waals surface area contributed by atoms with Crippen molar-refractivity contribution in [3.05, 3.63) is 53.9 Å². The molecule has 2 heterocycles. The summed E-state index contributed by atoms with van der Waals surface area (Å²) in [6, 6.07) is 14.2. The van der Waals surface area contributed by atoms with Crippen LogP contribution in [0.25, 0.3) is 16.5 Å². The maximum absolute atomic E-state index is 12.2. The fourth-order valence-electron chi connectivity index (χ4n) is 3.47. The highest BCUT2D eigenvalue weighted by molar-refractivity contribution is 8.14. The van der Waals surface area contributed by atoms with E-state index in [2.05, 4.69) is 26.8 Å². The molecule has 2 aromatic carbocycles. The van der Waals surface area contributed by atoms with Crippen molar-refractivity contribution in [3.63, 3.8) is 0 Å². The van der Waals surface area contributed by atoms with Gasteiger partial charge in [0.15, 0.2) is 10.0 Å². The van der Waals surface area contributed by atoms with Crippen LogP contribution < -0.4 is 5.32 Å². The maximum atomic E-state index is 12.2. The predicted molar refractivity (Wildman–Crippen MR) is 112 cm³/mol. The summed E-state index contributed by atoms with van der Waals surface area (Å²) in [6.45, 7) is 6.59. The highest BCUT2D eigenvalue weighted by Gasteiger charge is 2.47. The summed E-state index contributed by atoms with van der Waals surface area (Å²) >= 11 is 1.26. The van der Waals surface area contributed by atoms with Crippen LogP contribution in [0.4, 0.5) is 0 Å². The third-order valence-electron chi connectivity index (χ3n) is 4.78. The molecular formula is C20H20N6O2S. The van der Waals surface area contributed by atoms with Crippen LogP contribution in [0.5, 0.6) is 0 Å². The summed E-state index contributed by atoms with van der Waals surface area (Å²) < 4.78 is 1.75. The number of hydrogen-bond donors (Lipinski definition) is 1. The van der Waals surface area contributed by atoms with Crippen LogP contribution in [-0.2, 0) is 14.5 Å². The van der Waals surface area contributed by atoms with E-state index in [4.69, 9.17) is 0 Å². The largest absolute Gasteiger partial charge is 0.304 e. The first kappa shape index (κ1) is 19.1. The van der Waals surface area contributed by atoms with Gasteiger partial charge in [-0.1, -0.05) is 35.5 Å². The van der Waals surface area contributed by atoms with E-state index in [0.717, 1.165) is 22.2 Å². The number of thioether (sulfide) groups is 1. The molecule has 1 aromatic heterocycles. The minimum atomic E-state index is -0.914. The van der Waals surface area contributed by atoms with Crippen molar-refractivity contribution in [2.45, 2.75) is 32.6 Å². The number of nitrogens with zero attached hydrogens (tertiary/aromatic N) is 5. The van der Waals surface area contributed by atoms with E-state index in [9.17, 15) is 9.59 Å². The average molecular weight is 408 g/mol. The second-order valence-corrected chi connectivity index (χ2v) is 8.35. The molecule has 0 bridgehead atoms. The van der Waals surface area contributed by atoms with Crippen molar-refractivity contribution < 1.29 is 9.59 Å². The highest BCUT2D eigenvalue weighted by atomic mass is 32.2. The van der Waals surface area contributed by atoms with Crippen molar-refractivity contribution in [1.29, 1.82) is 0 Å². The molecule has 29 heavy (non-hydrogen) atoms. The molecule has 0 saturated heterocycles. The standard InChI is InChI=1S/C20H20N6O2S/c1-12-18(20(4)26(14(3)28)23-19(29-20)21-13(2)27)22-24-25(12)17-10-9-15-7-5-6-8-16(15)11-17/h5-11H,1-4H3,(H,21,23,27). The number of carbonyl (C=O) groups excluding carboxylic acids is 2. The van der Waals surface area contributed by atoms with E-state index in [1.54, 1.807) is 4.68 Å². The summed E-state index contributed by atoms with van der Waals surface area (Å²) in [5.41, 5.74) is 2.28. The first-order valence-electron chi connectivity index (χ1n) is 9.07. The molecular weight excluding hydrogens is 388 g/mol. The Hall–Kier alpha value is -3.20. The van der Waals surface area contributed by atoms with E-state index in [1.165, 1.54) is 30.6 Å². The van der Waals surface area contributed by atoms with E-state index in [-0.39, 0.29) is 11.8 Å². The van der Waals surface area contributed by atoms with E-state index in [1.807, 2.05) is 50.2 Å². The normalized spacial score (nSPS) is 18.8. The zero-order valence-electron chi connectivity index (χ0n) is 16.5. The molecule has 0 fully saturated rings. The number of fused-ring (bicyclic) bond motifs is 1. The van der Waals surface area contributed by atoms with Gasteiger partial charge in [0.2, 0.25) is 11.8 Å². The number of amidine groups is 1. The van der Waals surface area contributed by atoms with Crippen LogP contribution in [0.1, 0.15) is 32.2 Å². The van der Waals surface area contributed by atoms with Crippen LogP contribution in [0.3, 0.4) is 0 Å². The van der Waals surface area contributed by atoms with Crippen molar-refractivity contribution >= 4 is 39.5 Å². The van der Waals surface area contributed by atoms with Gasteiger partial charge in [-0.3, -0.25) is 9.59 Å². The zero-order chi connectivity index (χ0) is 20.8. The number of hydrogen-bond acceptors (Lipinski definition) is 6. The Labute approximate surface area is 172 Å². The Morgan fingerprint density at radius 1 is 1.10 bits per heavy atom. The first-order chi connectivity index (χ1) is 13.8. The number of carbonyl (C=O) groups is 2. The van der Waals surface area contributed by atoms with Crippen molar-refractivity contribution in [2.24, 2.45) is 5.10 Å². The monoisotopic (exact) mass is 408 g/mol. The highest BCUT2D eigenvalue weighted by Crippen LogP contribution is 2.45. The fourth-order valence-corrected chi connectivity index (χ4v) is 4.70. The Bertz CT molecular complexity index is 1170. The van der Waals surface area contributed by atoms with Crippen molar-refractivity contribution in [2.75, 3.05) is 0 Å². The summed E-state index contributed by atoms with van der Waals surface area (Å²) in [5, 5.41) is 19.6. The molecule has 4 rings (SSSR count). The summed E-state index contributed by atoms with van der Waals surface area (Å²) in [7, 11) is 0. The third kappa shape index (κ3) is 3.27. The number of rotatable bonds is 2. The Kier molecular flexibility index (Phi) is 4.62. The van der Waals surface area contributed by atoms with Gasteiger partial charge in [-0.05, 0) is 48.5 Å². The molecule has 1 atom stereocenters. The molecule has 3 aromatic rings. The van der Waals surface area contributed by atoms with Crippen LogP contribution in [0.2, 0.25) is 0 Å². The third-order valence-corrected chi connectivity index (χ3v) is 5.92. The lowest BCUT2D eigenvalue weighted by Crippen LogP contribution is -2.38. The lowest BCUT2D eigenvalue weighted by Gasteiger charge is -2.29. The van der Waals surface area contributed by atoms with Gasteiger partial charge < -0.3 is 5.32 Å². The van der Waals surface area contributed by atoms with Crippen LogP contribution in [0.15, 0.2) is 47.6 Å². The van der Waals surface area contributed by atoms with Crippen LogP contribution in [-0.4, -0.2) is 37.0 Å². The number of benzene rings is 2. The molecule has 1 unspecified atom stereocenters. The van der Waals surface area contributed by atoms with Gasteiger partial charge in [-0.2, -0.15) is 0 Å². The summed E-state index contributed by atoms with van der Waals surface area (Å²) in [6.07, 6.45) is 0. The minimum Gasteiger partial charge on any atom is -0.304 e. The molecule has 0 saturated carbocycles. The van der Waals surface area contributed by atoms with Gasteiger partial charge in [0.1, 0.15) is 5.69 Å². The molecule has 1 aliphatic rings. The summed E-state index contributed by atoms with van der Waals surface area (Å²) in [4.78, 5) is 22.8. The Morgan fingerprint density at radius 2 is 1.83 bits per heavy atom. The van der Waals surface area contributed by atoms with Crippen molar-refractivity contribution in [3.8, 4) is 5.69 Å². The number of hydrazone groups is 1. The second-order valence-electron chi connectivity index (χ2n) is 6.97. The quantitative estimate of drug-likeness (QED) is 0.704. The van der Waals surface area contributed by atoms with Gasteiger partial charge in [0.25, 0.3) is 0 Å². The lowest BCUT2D eigenvalue weighted by atomic mass is 10.1. The lowest BCUT2D eigenvalue weighted by molar-refractivity contribution is -0.132. The fraction of sp³-hybridized carbons (Fsp3) is 0.250. The van der Waals surface area contributed by atoms with Crippen LogP contribution >= 0.6 is 11.8 Å². The maximum Gasteiger partial charge on any atom is 0.241 e. The molecule has 1 N–H and O–H groups in total. The molecule has 0 aliphatic carbocycles. The molecule has 9 heteroatoms. The van der Waals surface area contributed by atoms with E-state index >= 15 is 0 Å². The van der Waals surface area contributed by atoms with Gasteiger partial charge in [-0.25, -0.2) is 9.69 Å². The molecule has 2 amide bonds. The molecule has 148 valence electrons. The molecule has 8 nitrogen and oxygen atoms in total. The van der Waals surface area contributed by atoms with Gasteiger partial charge in [0.05, 0.1) is 11.4 Å². The van der Waals surface area contributed by atoms with Crippen molar-refractivity contribution in [1.82, 2.24) is 25.3 Å². The minimum absolute atomic E-state index is 0.249. The Balaban J connectivity index is 1.75. The number of amides is 2. The first-order valence-corrected chi connectivity index (χ1v) is 9.89. The number of nitrogens with one attached hydrogen (secondary N) is 1. The van der Waals surface area contributed by atoms with E-state index < -0.39 is 4.87 Å². The smallest absolute Gasteiger partial charge is 0.241 e. The number of aromatic nitrogens is 3. The Morgan fingerprint density at radius 3 is 2.52 bits per heavy atom. The van der Waals surface area contributed by atoms with E-state index in [0.29, 0.717) is 10.9 Å². The zero-order valence-corrected chi connectivity index (χ0v) is 17.3. The van der Waals surface area contributed by atoms with Crippen LogP contribution in [0, 0.1) is 6.92 Å².